The number of hydrogen-bond acceptors (Lipinski definition) is 0. The minimum Gasteiger partial charge on any atom is -0.0811 e. The molecular formula is C24H39Br. The van der Waals surface area contributed by atoms with Crippen molar-refractivity contribution in [3.63, 3.8) is 0 Å². The molecule has 0 aromatic heterocycles. The van der Waals surface area contributed by atoms with Gasteiger partial charge in [0.15, 0.2) is 0 Å². The Hall–Kier alpha value is -0.560. The first-order valence-corrected chi connectivity index (χ1v) is 11.2. The van der Waals surface area contributed by atoms with Crippen LogP contribution in [0.3, 0.4) is 0 Å². The molecule has 0 N–H and O–H groups in total. The van der Waals surface area contributed by atoms with Crippen LogP contribution in [0.15, 0.2) is 42.0 Å². The maximum atomic E-state index is 3.94. The Morgan fingerprint density at radius 3 is 1.96 bits per heavy atom. The van der Waals surface area contributed by atoms with Crippen molar-refractivity contribution in [3.8, 4) is 0 Å². The van der Waals surface area contributed by atoms with Crippen molar-refractivity contribution in [2.45, 2.75) is 102 Å². The van der Waals surface area contributed by atoms with Gasteiger partial charge in [-0.15, -0.1) is 0 Å². The van der Waals surface area contributed by atoms with E-state index in [4.69, 9.17) is 0 Å². The summed E-state index contributed by atoms with van der Waals surface area (Å²) < 4.78 is 0.145. The van der Waals surface area contributed by atoms with Gasteiger partial charge in [-0.25, -0.2) is 0 Å². The van der Waals surface area contributed by atoms with Crippen molar-refractivity contribution in [1.82, 2.24) is 0 Å². The van der Waals surface area contributed by atoms with Gasteiger partial charge in [-0.3, -0.25) is 0 Å². The van der Waals surface area contributed by atoms with E-state index >= 15 is 0 Å². The molecule has 0 spiro atoms. The molecule has 0 amide bonds. The Bertz CT molecular complexity index is 458. The highest BCUT2D eigenvalue weighted by molar-refractivity contribution is 9.10. The van der Waals surface area contributed by atoms with Crippen molar-refractivity contribution in [1.29, 1.82) is 0 Å². The third kappa shape index (κ3) is 12.4. The molecule has 0 saturated carbocycles. The molecule has 1 rings (SSSR count). The van der Waals surface area contributed by atoms with Gasteiger partial charge >= 0.3 is 0 Å². The van der Waals surface area contributed by atoms with Gasteiger partial charge in [-0.1, -0.05) is 129 Å². The maximum absolute atomic E-state index is 3.94. The van der Waals surface area contributed by atoms with Gasteiger partial charge in [0.05, 0.1) is 0 Å². The highest BCUT2D eigenvalue weighted by Gasteiger charge is 2.16. The first-order valence-electron chi connectivity index (χ1n) is 10.4. The number of alkyl halides is 1. The van der Waals surface area contributed by atoms with E-state index in [1.807, 2.05) is 0 Å². The summed E-state index contributed by atoms with van der Waals surface area (Å²) in [5.74, 6) is 0. The standard InChI is InChI=1S/C24H39Br/c1-4-5-6-7-8-9-10-11-12-16-19-24(3,25)21-22(2)20-23-17-14-13-15-18-23/h13-15,17-18,21H,4-12,16,19-20H2,1-3H3. The molecule has 142 valence electrons. The minimum atomic E-state index is 0.145. The Morgan fingerprint density at radius 2 is 1.40 bits per heavy atom. The van der Waals surface area contributed by atoms with Gasteiger partial charge in [0.2, 0.25) is 0 Å². The molecule has 0 aliphatic rings. The van der Waals surface area contributed by atoms with Crippen molar-refractivity contribution < 1.29 is 0 Å². The van der Waals surface area contributed by atoms with Crippen molar-refractivity contribution in [2.75, 3.05) is 0 Å². The van der Waals surface area contributed by atoms with Crippen molar-refractivity contribution in [3.05, 3.63) is 47.5 Å². The summed E-state index contributed by atoms with van der Waals surface area (Å²) >= 11 is 3.94. The van der Waals surface area contributed by atoms with Crippen molar-refractivity contribution >= 4 is 15.9 Å². The van der Waals surface area contributed by atoms with Gasteiger partial charge < -0.3 is 0 Å². The number of allylic oxidation sites excluding steroid dienone is 2. The fourth-order valence-corrected chi connectivity index (χ4v) is 4.18. The summed E-state index contributed by atoms with van der Waals surface area (Å²) in [5, 5.41) is 0. The van der Waals surface area contributed by atoms with Gasteiger partial charge in [0.1, 0.15) is 0 Å². The van der Waals surface area contributed by atoms with Crippen LogP contribution in [0.4, 0.5) is 0 Å². The molecule has 0 radical (unpaired) electrons. The summed E-state index contributed by atoms with van der Waals surface area (Å²) in [6, 6.07) is 10.8. The summed E-state index contributed by atoms with van der Waals surface area (Å²) in [7, 11) is 0. The molecule has 0 fully saturated rings. The predicted molar refractivity (Wildman–Crippen MR) is 118 cm³/mol. The zero-order valence-electron chi connectivity index (χ0n) is 16.8. The molecule has 1 atom stereocenters. The average molecular weight is 407 g/mol. The topological polar surface area (TPSA) is 0 Å². The van der Waals surface area contributed by atoms with E-state index in [-0.39, 0.29) is 4.32 Å². The lowest BCUT2D eigenvalue weighted by atomic mass is 9.97. The second-order valence-corrected chi connectivity index (χ2v) is 9.67. The van der Waals surface area contributed by atoms with Crippen LogP contribution in [-0.4, -0.2) is 4.32 Å². The maximum Gasteiger partial charge on any atom is 0.0411 e. The number of halogens is 1. The number of unbranched alkanes of at least 4 members (excludes halogenated alkanes) is 9. The van der Waals surface area contributed by atoms with E-state index in [9.17, 15) is 0 Å². The summed E-state index contributed by atoms with van der Waals surface area (Å²) in [4.78, 5) is 0. The molecule has 0 saturated heterocycles. The Labute approximate surface area is 165 Å². The fourth-order valence-electron chi connectivity index (χ4n) is 3.51. The van der Waals surface area contributed by atoms with E-state index in [1.165, 1.54) is 81.8 Å². The van der Waals surface area contributed by atoms with Crippen LogP contribution in [0.1, 0.15) is 97.0 Å². The van der Waals surface area contributed by atoms with E-state index in [1.54, 1.807) is 0 Å². The van der Waals surface area contributed by atoms with Crippen LogP contribution in [0, 0.1) is 0 Å². The fraction of sp³-hybridized carbons (Fsp3) is 0.667. The molecule has 0 nitrogen and oxygen atoms in total. The van der Waals surface area contributed by atoms with Crippen LogP contribution < -0.4 is 0 Å². The van der Waals surface area contributed by atoms with Gasteiger partial charge in [-0.05, 0) is 32.3 Å². The zero-order valence-corrected chi connectivity index (χ0v) is 18.4. The monoisotopic (exact) mass is 406 g/mol. The van der Waals surface area contributed by atoms with Crippen LogP contribution in [0.25, 0.3) is 0 Å². The van der Waals surface area contributed by atoms with Crippen LogP contribution in [0.2, 0.25) is 0 Å². The molecule has 25 heavy (non-hydrogen) atoms. The van der Waals surface area contributed by atoms with Crippen LogP contribution in [0.5, 0.6) is 0 Å². The Balaban J connectivity index is 2.13. The quantitative estimate of drug-likeness (QED) is 0.164. The second-order valence-electron chi connectivity index (χ2n) is 7.86. The largest absolute Gasteiger partial charge is 0.0811 e. The normalized spacial score (nSPS) is 14.5. The first kappa shape index (κ1) is 22.5. The lowest BCUT2D eigenvalue weighted by Gasteiger charge is -2.19. The summed E-state index contributed by atoms with van der Waals surface area (Å²) in [6.07, 6.45) is 18.8. The van der Waals surface area contributed by atoms with E-state index in [0.717, 1.165) is 6.42 Å². The summed E-state index contributed by atoms with van der Waals surface area (Å²) in [6.45, 7) is 6.86. The lowest BCUT2D eigenvalue weighted by Crippen LogP contribution is -2.12. The predicted octanol–water partition coefficient (Wildman–Crippen LogP) is 8.64. The van der Waals surface area contributed by atoms with E-state index in [2.05, 4.69) is 73.1 Å². The molecule has 0 aliphatic heterocycles. The number of rotatable bonds is 14. The van der Waals surface area contributed by atoms with Gasteiger partial charge in [-0.2, -0.15) is 0 Å². The van der Waals surface area contributed by atoms with Crippen molar-refractivity contribution in [2.24, 2.45) is 0 Å². The van der Waals surface area contributed by atoms with Gasteiger partial charge in [0, 0.05) is 4.32 Å². The van der Waals surface area contributed by atoms with Crippen LogP contribution in [-0.2, 0) is 6.42 Å². The number of hydrogen-bond donors (Lipinski definition) is 0. The first-order chi connectivity index (χ1) is 12.0. The molecule has 1 aromatic rings. The van der Waals surface area contributed by atoms with Gasteiger partial charge in [0.25, 0.3) is 0 Å². The van der Waals surface area contributed by atoms with E-state index in [0.29, 0.717) is 0 Å². The molecule has 1 heteroatoms. The molecule has 0 aliphatic carbocycles. The van der Waals surface area contributed by atoms with Crippen LogP contribution >= 0.6 is 15.9 Å². The SMILES string of the molecule is CCCCCCCCCCCCC(C)(Br)C=C(C)Cc1ccccc1. The molecule has 1 unspecified atom stereocenters. The minimum absolute atomic E-state index is 0.145. The Morgan fingerprint density at radius 1 is 0.880 bits per heavy atom. The van der Waals surface area contributed by atoms with E-state index < -0.39 is 0 Å². The number of benzene rings is 1. The third-order valence-electron chi connectivity index (χ3n) is 4.89. The highest BCUT2D eigenvalue weighted by Crippen LogP contribution is 2.28. The molecule has 0 heterocycles. The highest BCUT2D eigenvalue weighted by atomic mass is 79.9. The molecular weight excluding hydrogens is 368 g/mol. The summed E-state index contributed by atoms with van der Waals surface area (Å²) in [5.41, 5.74) is 2.86. The lowest BCUT2D eigenvalue weighted by molar-refractivity contribution is 0.539. The smallest absolute Gasteiger partial charge is 0.0411 e. The zero-order chi connectivity index (χ0) is 18.4. The molecule has 1 aromatic carbocycles. The molecule has 0 bridgehead atoms. The Kier molecular flexibility index (Phi) is 12.2. The third-order valence-corrected chi connectivity index (χ3v) is 5.52. The second kappa shape index (κ2) is 13.6. The average Bonchev–Trinajstić information content (AvgIpc) is 2.57.